The number of amides is 2. The van der Waals surface area contributed by atoms with Crippen molar-refractivity contribution >= 4 is 6.03 Å². The third-order valence-electron chi connectivity index (χ3n) is 4.48. The summed E-state index contributed by atoms with van der Waals surface area (Å²) in [4.78, 5) is 30.5. The first-order valence-corrected chi connectivity index (χ1v) is 8.73. The Balaban J connectivity index is 1.44. The Morgan fingerprint density at radius 1 is 1.30 bits per heavy atom. The molecule has 1 N–H and O–H groups in total. The number of pyridine rings is 1. The number of urea groups is 1. The Hall–Kier alpha value is -3.42. The smallest absolute Gasteiger partial charge is 0.318 e. The summed E-state index contributed by atoms with van der Waals surface area (Å²) in [6, 6.07) is 8.71. The summed E-state index contributed by atoms with van der Waals surface area (Å²) < 4.78 is 6.66. The van der Waals surface area contributed by atoms with Gasteiger partial charge in [0.1, 0.15) is 5.76 Å². The Labute approximate surface area is 155 Å². The highest BCUT2D eigenvalue weighted by atomic mass is 16.3. The van der Waals surface area contributed by atoms with E-state index in [0.29, 0.717) is 38.4 Å². The molecule has 0 atom stereocenters. The topological polar surface area (TPSA) is 93.3 Å². The van der Waals surface area contributed by atoms with Crippen molar-refractivity contribution in [2.75, 3.05) is 6.54 Å². The molecule has 0 spiro atoms. The fourth-order valence-electron chi connectivity index (χ4n) is 3.08. The van der Waals surface area contributed by atoms with E-state index in [2.05, 4.69) is 15.4 Å². The van der Waals surface area contributed by atoms with Gasteiger partial charge in [0.2, 0.25) is 0 Å². The lowest BCUT2D eigenvalue weighted by atomic mass is 10.1. The predicted octanol–water partition coefficient (Wildman–Crippen LogP) is 1.55. The minimum atomic E-state index is -0.185. The van der Waals surface area contributed by atoms with Crippen LogP contribution in [0.15, 0.2) is 58.2 Å². The summed E-state index contributed by atoms with van der Waals surface area (Å²) in [5.74, 6) is 0.695. The van der Waals surface area contributed by atoms with Crippen molar-refractivity contribution in [1.82, 2.24) is 25.0 Å². The van der Waals surface area contributed by atoms with E-state index in [-0.39, 0.29) is 11.6 Å². The summed E-state index contributed by atoms with van der Waals surface area (Å²) in [6.45, 7) is 1.64. The van der Waals surface area contributed by atoms with E-state index >= 15 is 0 Å². The molecular weight excluding hydrogens is 346 g/mol. The number of nitrogens with one attached hydrogen (secondary N) is 1. The maximum Gasteiger partial charge on any atom is 0.318 e. The predicted molar refractivity (Wildman–Crippen MR) is 96.9 cm³/mol. The molecule has 0 radical (unpaired) electrons. The van der Waals surface area contributed by atoms with Crippen LogP contribution in [0.5, 0.6) is 0 Å². The molecule has 27 heavy (non-hydrogen) atoms. The second-order valence-electron chi connectivity index (χ2n) is 6.38. The van der Waals surface area contributed by atoms with Gasteiger partial charge in [-0.05, 0) is 23.8 Å². The SMILES string of the molecule is O=C(NCc1ccco1)N1CCc2nn(Cc3cccnc3)c(=O)cc2C1. The highest BCUT2D eigenvalue weighted by Crippen LogP contribution is 2.15. The molecule has 0 bridgehead atoms. The Bertz CT molecular complexity index is 982. The van der Waals surface area contributed by atoms with Crippen LogP contribution in [0.25, 0.3) is 0 Å². The van der Waals surface area contributed by atoms with Crippen LogP contribution in [0.4, 0.5) is 4.79 Å². The molecule has 4 heterocycles. The van der Waals surface area contributed by atoms with E-state index in [4.69, 9.17) is 4.42 Å². The van der Waals surface area contributed by atoms with Crippen LogP contribution in [0.2, 0.25) is 0 Å². The standard InChI is InChI=1S/C19H19N5O3/c25-18-9-15-13-23(19(26)21-11-16-4-2-8-27-16)7-5-17(15)22-24(18)12-14-3-1-6-20-10-14/h1-4,6,8-10H,5,7,11-13H2,(H,21,26). The number of aromatic nitrogens is 3. The molecule has 0 saturated carbocycles. The van der Waals surface area contributed by atoms with Crippen molar-refractivity contribution < 1.29 is 9.21 Å². The van der Waals surface area contributed by atoms with Crippen LogP contribution in [0, 0.1) is 0 Å². The number of nitrogens with zero attached hydrogens (tertiary/aromatic N) is 4. The number of hydrogen-bond acceptors (Lipinski definition) is 5. The fourth-order valence-corrected chi connectivity index (χ4v) is 3.08. The van der Waals surface area contributed by atoms with E-state index in [1.54, 1.807) is 41.8 Å². The zero-order chi connectivity index (χ0) is 18.6. The molecule has 1 aliphatic rings. The Morgan fingerprint density at radius 2 is 2.22 bits per heavy atom. The van der Waals surface area contributed by atoms with Crippen molar-refractivity contribution in [3.8, 4) is 0 Å². The quantitative estimate of drug-likeness (QED) is 0.757. The minimum absolute atomic E-state index is 0.184. The molecule has 8 heteroatoms. The highest BCUT2D eigenvalue weighted by Gasteiger charge is 2.23. The van der Waals surface area contributed by atoms with Crippen molar-refractivity contribution in [3.05, 3.63) is 81.9 Å². The van der Waals surface area contributed by atoms with Gasteiger partial charge in [-0.15, -0.1) is 0 Å². The molecule has 0 unspecified atom stereocenters. The minimum Gasteiger partial charge on any atom is -0.467 e. The van der Waals surface area contributed by atoms with Crippen LogP contribution in [0.3, 0.4) is 0 Å². The lowest BCUT2D eigenvalue weighted by Crippen LogP contribution is -2.43. The molecule has 3 aromatic rings. The summed E-state index contributed by atoms with van der Waals surface area (Å²) in [5.41, 5.74) is 2.38. The first kappa shape index (κ1) is 17.0. The molecule has 1 aliphatic heterocycles. The molecule has 0 aromatic carbocycles. The molecule has 0 fully saturated rings. The number of rotatable bonds is 4. The number of carbonyl (C=O) groups excluding carboxylic acids is 1. The highest BCUT2D eigenvalue weighted by molar-refractivity contribution is 5.74. The van der Waals surface area contributed by atoms with E-state index < -0.39 is 0 Å². The summed E-state index contributed by atoms with van der Waals surface area (Å²) >= 11 is 0. The van der Waals surface area contributed by atoms with Gasteiger partial charge >= 0.3 is 6.03 Å². The van der Waals surface area contributed by atoms with Crippen molar-refractivity contribution in [2.24, 2.45) is 0 Å². The average molecular weight is 365 g/mol. The van der Waals surface area contributed by atoms with Gasteiger partial charge in [-0.2, -0.15) is 5.10 Å². The summed E-state index contributed by atoms with van der Waals surface area (Å²) in [5, 5.41) is 7.32. The molecule has 4 rings (SSSR count). The molecule has 8 nitrogen and oxygen atoms in total. The zero-order valence-electron chi connectivity index (χ0n) is 14.7. The van der Waals surface area contributed by atoms with Crippen LogP contribution in [-0.2, 0) is 26.1 Å². The van der Waals surface area contributed by atoms with Gasteiger partial charge in [-0.3, -0.25) is 9.78 Å². The molecular formula is C19H19N5O3. The van der Waals surface area contributed by atoms with Crippen LogP contribution >= 0.6 is 0 Å². The maximum atomic E-state index is 12.4. The van der Waals surface area contributed by atoms with Gasteiger partial charge < -0.3 is 14.6 Å². The van der Waals surface area contributed by atoms with Gasteiger partial charge in [0.15, 0.2) is 0 Å². The van der Waals surface area contributed by atoms with Crippen molar-refractivity contribution in [1.29, 1.82) is 0 Å². The normalized spacial score (nSPS) is 13.3. The van der Waals surface area contributed by atoms with Gasteiger partial charge in [-0.25, -0.2) is 9.48 Å². The van der Waals surface area contributed by atoms with Gasteiger partial charge in [0.05, 0.1) is 25.0 Å². The van der Waals surface area contributed by atoms with Gasteiger partial charge in [0.25, 0.3) is 5.56 Å². The summed E-state index contributed by atoms with van der Waals surface area (Å²) in [7, 11) is 0. The van der Waals surface area contributed by atoms with Gasteiger partial charge in [0, 0.05) is 43.5 Å². The number of carbonyl (C=O) groups is 1. The molecule has 3 aromatic heterocycles. The number of furan rings is 1. The third kappa shape index (κ3) is 3.89. The van der Waals surface area contributed by atoms with Crippen LogP contribution < -0.4 is 10.9 Å². The molecule has 0 saturated heterocycles. The average Bonchev–Trinajstić information content (AvgIpc) is 3.21. The number of hydrogen-bond donors (Lipinski definition) is 1. The monoisotopic (exact) mass is 365 g/mol. The first-order valence-electron chi connectivity index (χ1n) is 8.73. The van der Waals surface area contributed by atoms with Crippen molar-refractivity contribution in [2.45, 2.75) is 26.1 Å². The molecule has 138 valence electrons. The van der Waals surface area contributed by atoms with Crippen LogP contribution in [0.1, 0.15) is 22.6 Å². The molecule has 0 aliphatic carbocycles. The van der Waals surface area contributed by atoms with E-state index in [1.165, 1.54) is 4.68 Å². The fraction of sp³-hybridized carbons (Fsp3) is 0.263. The van der Waals surface area contributed by atoms with E-state index in [0.717, 1.165) is 16.8 Å². The van der Waals surface area contributed by atoms with E-state index in [9.17, 15) is 9.59 Å². The summed E-state index contributed by atoms with van der Waals surface area (Å²) in [6.07, 6.45) is 5.59. The van der Waals surface area contributed by atoms with Crippen LogP contribution in [-0.4, -0.2) is 32.2 Å². The van der Waals surface area contributed by atoms with Crippen molar-refractivity contribution in [3.63, 3.8) is 0 Å². The Morgan fingerprint density at radius 3 is 3.00 bits per heavy atom. The number of fused-ring (bicyclic) bond motifs is 1. The lowest BCUT2D eigenvalue weighted by Gasteiger charge is -2.28. The lowest BCUT2D eigenvalue weighted by molar-refractivity contribution is 0.190. The first-order chi connectivity index (χ1) is 13.2. The van der Waals surface area contributed by atoms with E-state index in [1.807, 2.05) is 12.1 Å². The molecule has 2 amide bonds. The zero-order valence-corrected chi connectivity index (χ0v) is 14.7. The maximum absolute atomic E-state index is 12.4. The third-order valence-corrected chi connectivity index (χ3v) is 4.48. The second-order valence-corrected chi connectivity index (χ2v) is 6.38. The van der Waals surface area contributed by atoms with Gasteiger partial charge in [-0.1, -0.05) is 6.07 Å². The Kier molecular flexibility index (Phi) is 4.69. The second kappa shape index (κ2) is 7.45. The largest absolute Gasteiger partial charge is 0.467 e.